The van der Waals surface area contributed by atoms with Crippen molar-refractivity contribution in [1.29, 1.82) is 0 Å². The van der Waals surface area contributed by atoms with Crippen LogP contribution in [-0.4, -0.2) is 9.97 Å². The number of anilines is 1. The van der Waals surface area contributed by atoms with Gasteiger partial charge in [0.15, 0.2) is 0 Å². The Morgan fingerprint density at radius 3 is 2.57 bits per heavy atom. The standard InChI is InChI=1S/C22H20ClN3OS/c1-13(2)14-7-9-15(10-8-14)24-11-19-25-21(27)20-17(12-28-22(20)26-19)16-5-3-4-6-18(16)23/h3-10,12-13,24H,11H2,1-2H3,(H,25,26,27). The molecule has 0 bridgehead atoms. The average molecular weight is 410 g/mol. The minimum Gasteiger partial charge on any atom is -0.378 e. The zero-order valence-corrected chi connectivity index (χ0v) is 17.2. The Hall–Kier alpha value is -2.63. The van der Waals surface area contributed by atoms with Crippen LogP contribution in [0.2, 0.25) is 5.02 Å². The molecule has 0 spiro atoms. The molecular weight excluding hydrogens is 390 g/mol. The van der Waals surface area contributed by atoms with Crippen molar-refractivity contribution in [3.8, 4) is 11.1 Å². The van der Waals surface area contributed by atoms with Gasteiger partial charge in [-0.3, -0.25) is 4.79 Å². The van der Waals surface area contributed by atoms with Gasteiger partial charge in [0.1, 0.15) is 10.7 Å². The molecule has 2 N–H and O–H groups in total. The van der Waals surface area contributed by atoms with Gasteiger partial charge in [-0.2, -0.15) is 0 Å². The molecule has 0 aliphatic heterocycles. The monoisotopic (exact) mass is 409 g/mol. The lowest BCUT2D eigenvalue weighted by Crippen LogP contribution is -2.14. The summed E-state index contributed by atoms with van der Waals surface area (Å²) in [5.74, 6) is 1.11. The zero-order chi connectivity index (χ0) is 19.7. The Morgan fingerprint density at radius 1 is 1.11 bits per heavy atom. The van der Waals surface area contributed by atoms with Crippen LogP contribution in [0.15, 0.2) is 58.7 Å². The van der Waals surface area contributed by atoms with Gasteiger partial charge < -0.3 is 10.3 Å². The Bertz CT molecular complexity index is 1180. The molecule has 2 aromatic heterocycles. The number of hydrogen-bond acceptors (Lipinski definition) is 4. The van der Waals surface area contributed by atoms with Crippen LogP contribution >= 0.6 is 22.9 Å². The molecule has 4 nitrogen and oxygen atoms in total. The number of aromatic amines is 1. The number of benzene rings is 2. The molecule has 0 unspecified atom stereocenters. The Kier molecular flexibility index (Phi) is 5.20. The number of rotatable bonds is 5. The van der Waals surface area contributed by atoms with E-state index >= 15 is 0 Å². The van der Waals surface area contributed by atoms with Gasteiger partial charge in [-0.25, -0.2) is 4.98 Å². The number of hydrogen-bond donors (Lipinski definition) is 2. The summed E-state index contributed by atoms with van der Waals surface area (Å²) in [6.07, 6.45) is 0. The SMILES string of the molecule is CC(C)c1ccc(NCc2nc3scc(-c4ccccc4Cl)c3c(=O)[nH]2)cc1. The maximum Gasteiger partial charge on any atom is 0.260 e. The van der Waals surface area contributed by atoms with Gasteiger partial charge in [0.25, 0.3) is 5.56 Å². The van der Waals surface area contributed by atoms with Crippen molar-refractivity contribution in [2.45, 2.75) is 26.3 Å². The van der Waals surface area contributed by atoms with Crippen LogP contribution in [0.4, 0.5) is 5.69 Å². The first kappa shape index (κ1) is 18.7. The fourth-order valence-corrected chi connectivity index (χ4v) is 4.32. The molecule has 0 saturated carbocycles. The molecule has 2 aromatic carbocycles. The molecule has 28 heavy (non-hydrogen) atoms. The highest BCUT2D eigenvalue weighted by molar-refractivity contribution is 7.17. The highest BCUT2D eigenvalue weighted by atomic mass is 35.5. The summed E-state index contributed by atoms with van der Waals surface area (Å²) >= 11 is 7.76. The van der Waals surface area contributed by atoms with E-state index in [4.69, 9.17) is 11.6 Å². The van der Waals surface area contributed by atoms with E-state index in [0.717, 1.165) is 16.8 Å². The predicted octanol–water partition coefficient (Wildman–Crippen LogP) is 6.04. The molecule has 0 aliphatic rings. The van der Waals surface area contributed by atoms with E-state index in [1.54, 1.807) is 0 Å². The summed E-state index contributed by atoms with van der Waals surface area (Å²) in [7, 11) is 0. The van der Waals surface area contributed by atoms with Crippen LogP contribution in [0.1, 0.15) is 31.2 Å². The summed E-state index contributed by atoms with van der Waals surface area (Å²) in [5.41, 5.74) is 3.81. The van der Waals surface area contributed by atoms with Gasteiger partial charge in [-0.1, -0.05) is 55.8 Å². The third-order valence-corrected chi connectivity index (χ3v) is 5.90. The summed E-state index contributed by atoms with van der Waals surface area (Å²) in [4.78, 5) is 21.0. The molecule has 0 fully saturated rings. The molecule has 4 aromatic rings. The highest BCUT2D eigenvalue weighted by Gasteiger charge is 2.14. The lowest BCUT2D eigenvalue weighted by Gasteiger charge is -2.09. The largest absolute Gasteiger partial charge is 0.378 e. The molecule has 0 atom stereocenters. The summed E-state index contributed by atoms with van der Waals surface area (Å²) in [6.45, 7) is 4.79. The number of fused-ring (bicyclic) bond motifs is 1. The van der Waals surface area contributed by atoms with Crippen molar-refractivity contribution in [1.82, 2.24) is 9.97 Å². The van der Waals surface area contributed by atoms with E-state index < -0.39 is 0 Å². The first-order valence-electron chi connectivity index (χ1n) is 9.12. The third kappa shape index (κ3) is 3.68. The first-order valence-corrected chi connectivity index (χ1v) is 10.4. The van der Waals surface area contributed by atoms with Crippen LogP contribution in [0, 0.1) is 0 Å². The lowest BCUT2D eigenvalue weighted by molar-refractivity contribution is 0.866. The number of H-pyrrole nitrogens is 1. The third-order valence-electron chi connectivity index (χ3n) is 4.69. The minimum atomic E-state index is -0.145. The van der Waals surface area contributed by atoms with Crippen molar-refractivity contribution in [3.63, 3.8) is 0 Å². The van der Waals surface area contributed by atoms with Crippen LogP contribution in [0.25, 0.3) is 21.3 Å². The average Bonchev–Trinajstić information content (AvgIpc) is 3.11. The van der Waals surface area contributed by atoms with Crippen LogP contribution < -0.4 is 10.9 Å². The Balaban J connectivity index is 1.60. The topological polar surface area (TPSA) is 57.8 Å². The Labute approximate surface area is 172 Å². The Morgan fingerprint density at radius 2 is 1.86 bits per heavy atom. The second-order valence-electron chi connectivity index (χ2n) is 6.95. The predicted molar refractivity (Wildman–Crippen MR) is 119 cm³/mol. The van der Waals surface area contributed by atoms with Gasteiger partial charge >= 0.3 is 0 Å². The minimum absolute atomic E-state index is 0.145. The lowest BCUT2D eigenvalue weighted by atomic mass is 10.0. The molecule has 142 valence electrons. The van der Waals surface area contributed by atoms with Crippen LogP contribution in [0.5, 0.6) is 0 Å². The van der Waals surface area contributed by atoms with Crippen LogP contribution in [-0.2, 0) is 6.54 Å². The summed E-state index contributed by atoms with van der Waals surface area (Å²) < 4.78 is 0. The molecule has 2 heterocycles. The molecule has 0 radical (unpaired) electrons. The van der Waals surface area contributed by atoms with E-state index in [1.807, 2.05) is 41.8 Å². The van der Waals surface area contributed by atoms with Crippen molar-refractivity contribution in [2.75, 3.05) is 5.32 Å². The van der Waals surface area contributed by atoms with E-state index in [2.05, 4.69) is 41.3 Å². The number of nitrogens with zero attached hydrogens (tertiary/aromatic N) is 1. The van der Waals surface area contributed by atoms with Gasteiger partial charge in [0.2, 0.25) is 0 Å². The smallest absolute Gasteiger partial charge is 0.260 e. The van der Waals surface area contributed by atoms with Crippen molar-refractivity contribution >= 4 is 38.8 Å². The van der Waals surface area contributed by atoms with Crippen molar-refractivity contribution in [2.24, 2.45) is 0 Å². The number of aromatic nitrogens is 2. The van der Waals surface area contributed by atoms with Gasteiger partial charge in [-0.15, -0.1) is 11.3 Å². The number of nitrogens with one attached hydrogen (secondary N) is 2. The fraction of sp³-hybridized carbons (Fsp3) is 0.182. The highest BCUT2D eigenvalue weighted by Crippen LogP contribution is 2.34. The van der Waals surface area contributed by atoms with Gasteiger partial charge in [0.05, 0.1) is 11.9 Å². The number of halogens is 1. The normalized spacial score (nSPS) is 11.3. The fourth-order valence-electron chi connectivity index (χ4n) is 3.13. The molecule has 0 saturated heterocycles. The molecule has 0 aliphatic carbocycles. The summed E-state index contributed by atoms with van der Waals surface area (Å²) in [5, 5.41) is 6.47. The molecule has 4 rings (SSSR count). The van der Waals surface area contributed by atoms with E-state index in [-0.39, 0.29) is 5.56 Å². The van der Waals surface area contributed by atoms with Crippen molar-refractivity contribution in [3.05, 3.63) is 80.7 Å². The van der Waals surface area contributed by atoms with Gasteiger partial charge in [0, 0.05) is 27.2 Å². The quantitative estimate of drug-likeness (QED) is 0.422. The van der Waals surface area contributed by atoms with E-state index in [1.165, 1.54) is 16.9 Å². The molecule has 0 amide bonds. The zero-order valence-electron chi connectivity index (χ0n) is 15.6. The molecular formula is C22H20ClN3OS. The number of thiophene rings is 1. The van der Waals surface area contributed by atoms with Gasteiger partial charge in [-0.05, 0) is 29.7 Å². The second-order valence-corrected chi connectivity index (χ2v) is 8.22. The van der Waals surface area contributed by atoms with Crippen LogP contribution in [0.3, 0.4) is 0 Å². The first-order chi connectivity index (χ1) is 13.5. The van der Waals surface area contributed by atoms with Crippen molar-refractivity contribution < 1.29 is 0 Å². The maximum absolute atomic E-state index is 12.7. The maximum atomic E-state index is 12.7. The summed E-state index contributed by atoms with van der Waals surface area (Å²) in [6, 6.07) is 15.8. The molecule has 6 heteroatoms. The van der Waals surface area contributed by atoms with E-state index in [0.29, 0.717) is 33.5 Å². The second kappa shape index (κ2) is 7.78. The van der Waals surface area contributed by atoms with E-state index in [9.17, 15) is 4.79 Å².